The Kier molecular flexibility index (Phi) is 5.77. The Bertz CT molecular complexity index is 220. The molecule has 1 heterocycles. The number of nitrogens with one attached hydrogen (secondary N) is 1. The summed E-state index contributed by atoms with van der Waals surface area (Å²) in [6, 6.07) is -0.0411. The van der Waals surface area contributed by atoms with Crippen molar-refractivity contribution in [3.63, 3.8) is 0 Å². The second kappa shape index (κ2) is 6.86. The van der Waals surface area contributed by atoms with Crippen LogP contribution in [0.1, 0.15) is 46.0 Å². The molecule has 1 rings (SSSR count). The molecule has 2 unspecified atom stereocenters. The van der Waals surface area contributed by atoms with E-state index in [2.05, 4.69) is 17.2 Å². The normalized spacial score (nSPS) is 24.8. The summed E-state index contributed by atoms with van der Waals surface area (Å²) in [6.07, 6.45) is 5.80. The van der Waals surface area contributed by atoms with E-state index in [-0.39, 0.29) is 11.9 Å². The third kappa shape index (κ3) is 3.46. The van der Waals surface area contributed by atoms with Crippen molar-refractivity contribution in [2.24, 2.45) is 11.8 Å². The zero-order valence-corrected chi connectivity index (χ0v) is 10.5. The molecule has 4 heteroatoms. The number of likely N-dealkylation sites (tertiary alicyclic amines) is 1. The third-order valence-electron chi connectivity index (χ3n) is 3.73. The molecule has 1 aliphatic rings. The van der Waals surface area contributed by atoms with Crippen LogP contribution >= 0.6 is 0 Å². The van der Waals surface area contributed by atoms with Gasteiger partial charge in [0.2, 0.25) is 0 Å². The van der Waals surface area contributed by atoms with Crippen molar-refractivity contribution in [2.45, 2.75) is 52.0 Å². The number of carbonyl (C=O) groups excluding carboxylic acids is 1. The number of amides is 1. The summed E-state index contributed by atoms with van der Waals surface area (Å²) >= 11 is 0. The molecule has 2 atom stereocenters. The molecule has 0 aromatic heterocycles. The number of nitrogens with two attached hydrogens (primary N) is 1. The van der Waals surface area contributed by atoms with Crippen LogP contribution in [0, 0.1) is 5.92 Å². The molecule has 0 radical (unpaired) electrons. The summed E-state index contributed by atoms with van der Waals surface area (Å²) in [5.74, 6) is 6.01. The Morgan fingerprint density at radius 1 is 1.44 bits per heavy atom. The van der Waals surface area contributed by atoms with Crippen LogP contribution in [0.25, 0.3) is 0 Å². The van der Waals surface area contributed by atoms with Crippen LogP contribution in [0.4, 0.5) is 0 Å². The van der Waals surface area contributed by atoms with Gasteiger partial charge in [0.1, 0.15) is 0 Å². The van der Waals surface area contributed by atoms with Crippen molar-refractivity contribution in [1.29, 1.82) is 0 Å². The van der Waals surface area contributed by atoms with Crippen LogP contribution in [0.15, 0.2) is 0 Å². The first-order chi connectivity index (χ1) is 7.72. The van der Waals surface area contributed by atoms with Crippen molar-refractivity contribution in [2.75, 3.05) is 13.1 Å². The van der Waals surface area contributed by atoms with Crippen molar-refractivity contribution in [3.8, 4) is 0 Å². The Labute approximate surface area is 98.5 Å². The van der Waals surface area contributed by atoms with E-state index in [1.54, 1.807) is 0 Å². The van der Waals surface area contributed by atoms with Gasteiger partial charge in [-0.05, 0) is 44.7 Å². The number of hydrogen-bond acceptors (Lipinski definition) is 3. The molecule has 0 bridgehead atoms. The standard InChI is InChI=1S/C12H25N3O/c1-3-10-6-5-8-15(9-7-10)11(4-2)12(16)14-13/h10-11H,3-9,13H2,1-2H3,(H,14,16). The first kappa shape index (κ1) is 13.5. The Hall–Kier alpha value is -0.610. The molecule has 0 saturated carbocycles. The Morgan fingerprint density at radius 2 is 2.19 bits per heavy atom. The molecule has 1 aliphatic heterocycles. The highest BCUT2D eigenvalue weighted by molar-refractivity contribution is 5.81. The fourth-order valence-electron chi connectivity index (χ4n) is 2.61. The van der Waals surface area contributed by atoms with Crippen molar-refractivity contribution in [3.05, 3.63) is 0 Å². The maximum Gasteiger partial charge on any atom is 0.251 e. The fourth-order valence-corrected chi connectivity index (χ4v) is 2.61. The molecule has 1 amide bonds. The molecular formula is C12H25N3O. The summed E-state index contributed by atoms with van der Waals surface area (Å²) in [7, 11) is 0. The fraction of sp³-hybridized carbons (Fsp3) is 0.917. The minimum Gasteiger partial charge on any atom is -0.293 e. The second-order valence-corrected chi connectivity index (χ2v) is 4.67. The highest BCUT2D eigenvalue weighted by Crippen LogP contribution is 2.22. The Morgan fingerprint density at radius 3 is 2.75 bits per heavy atom. The molecule has 1 saturated heterocycles. The van der Waals surface area contributed by atoms with Gasteiger partial charge >= 0.3 is 0 Å². The molecule has 4 nitrogen and oxygen atoms in total. The highest BCUT2D eigenvalue weighted by atomic mass is 16.2. The predicted molar refractivity (Wildman–Crippen MR) is 65.6 cm³/mol. The van der Waals surface area contributed by atoms with Crippen LogP contribution in [-0.4, -0.2) is 29.9 Å². The quantitative estimate of drug-likeness (QED) is 0.432. The molecule has 0 aromatic rings. The van der Waals surface area contributed by atoms with E-state index in [0.717, 1.165) is 25.4 Å². The van der Waals surface area contributed by atoms with E-state index in [4.69, 9.17) is 5.84 Å². The van der Waals surface area contributed by atoms with E-state index in [1.807, 2.05) is 6.92 Å². The summed E-state index contributed by atoms with van der Waals surface area (Å²) < 4.78 is 0. The highest BCUT2D eigenvalue weighted by Gasteiger charge is 2.25. The van der Waals surface area contributed by atoms with E-state index in [9.17, 15) is 4.79 Å². The van der Waals surface area contributed by atoms with E-state index in [1.165, 1.54) is 25.7 Å². The van der Waals surface area contributed by atoms with Gasteiger partial charge < -0.3 is 0 Å². The van der Waals surface area contributed by atoms with Crippen LogP contribution in [-0.2, 0) is 4.79 Å². The molecular weight excluding hydrogens is 202 g/mol. The lowest BCUT2D eigenvalue weighted by Crippen LogP contribution is -2.49. The summed E-state index contributed by atoms with van der Waals surface area (Å²) in [4.78, 5) is 13.9. The van der Waals surface area contributed by atoms with Gasteiger partial charge in [-0.25, -0.2) is 5.84 Å². The molecule has 0 aromatic carbocycles. The van der Waals surface area contributed by atoms with Crippen LogP contribution in [0.3, 0.4) is 0 Å². The predicted octanol–water partition coefficient (Wildman–Crippen LogP) is 1.27. The minimum atomic E-state index is -0.0440. The number of hydrogen-bond donors (Lipinski definition) is 2. The van der Waals surface area contributed by atoms with Crippen LogP contribution < -0.4 is 11.3 Å². The van der Waals surface area contributed by atoms with Crippen molar-refractivity contribution < 1.29 is 4.79 Å². The zero-order valence-electron chi connectivity index (χ0n) is 10.5. The minimum absolute atomic E-state index is 0.0411. The topological polar surface area (TPSA) is 58.4 Å². The van der Waals surface area contributed by atoms with E-state index in [0.29, 0.717) is 0 Å². The van der Waals surface area contributed by atoms with Gasteiger partial charge in [-0.1, -0.05) is 20.3 Å². The lowest BCUT2D eigenvalue weighted by molar-refractivity contribution is -0.126. The third-order valence-corrected chi connectivity index (χ3v) is 3.73. The van der Waals surface area contributed by atoms with Gasteiger partial charge in [0.25, 0.3) is 5.91 Å². The second-order valence-electron chi connectivity index (χ2n) is 4.67. The largest absolute Gasteiger partial charge is 0.293 e. The number of carbonyl (C=O) groups is 1. The lowest BCUT2D eigenvalue weighted by Gasteiger charge is -2.28. The van der Waals surface area contributed by atoms with E-state index < -0.39 is 0 Å². The van der Waals surface area contributed by atoms with E-state index >= 15 is 0 Å². The lowest BCUT2D eigenvalue weighted by atomic mass is 9.98. The monoisotopic (exact) mass is 227 g/mol. The van der Waals surface area contributed by atoms with Gasteiger partial charge in [-0.15, -0.1) is 0 Å². The molecule has 3 N–H and O–H groups in total. The molecule has 94 valence electrons. The molecule has 0 spiro atoms. The van der Waals surface area contributed by atoms with Gasteiger partial charge in [0, 0.05) is 0 Å². The first-order valence-corrected chi connectivity index (χ1v) is 6.47. The Balaban J connectivity index is 2.54. The van der Waals surface area contributed by atoms with Crippen LogP contribution in [0.2, 0.25) is 0 Å². The van der Waals surface area contributed by atoms with Gasteiger partial charge in [0.05, 0.1) is 6.04 Å². The number of hydrazine groups is 1. The summed E-state index contributed by atoms with van der Waals surface area (Å²) in [6.45, 7) is 6.36. The number of rotatable bonds is 4. The summed E-state index contributed by atoms with van der Waals surface area (Å²) in [5.41, 5.74) is 2.28. The van der Waals surface area contributed by atoms with Gasteiger partial charge in [-0.2, -0.15) is 0 Å². The average Bonchev–Trinajstić information content (AvgIpc) is 2.55. The van der Waals surface area contributed by atoms with Gasteiger partial charge in [-0.3, -0.25) is 15.1 Å². The summed E-state index contributed by atoms with van der Waals surface area (Å²) in [5, 5.41) is 0. The molecule has 16 heavy (non-hydrogen) atoms. The smallest absolute Gasteiger partial charge is 0.251 e. The SMILES string of the molecule is CCC1CCCN(C(CC)C(=O)NN)CC1. The van der Waals surface area contributed by atoms with Crippen molar-refractivity contribution >= 4 is 5.91 Å². The van der Waals surface area contributed by atoms with Gasteiger partial charge in [0.15, 0.2) is 0 Å². The first-order valence-electron chi connectivity index (χ1n) is 6.47. The molecule has 1 fully saturated rings. The van der Waals surface area contributed by atoms with Crippen molar-refractivity contribution in [1.82, 2.24) is 10.3 Å². The maximum atomic E-state index is 11.6. The molecule has 0 aliphatic carbocycles. The maximum absolute atomic E-state index is 11.6. The van der Waals surface area contributed by atoms with Crippen LogP contribution in [0.5, 0.6) is 0 Å². The number of nitrogens with zero attached hydrogens (tertiary/aromatic N) is 1. The average molecular weight is 227 g/mol. The zero-order chi connectivity index (χ0) is 12.0.